The molecule has 3 aromatic rings. The summed E-state index contributed by atoms with van der Waals surface area (Å²) < 4.78 is 1.89. The van der Waals surface area contributed by atoms with Crippen LogP contribution in [0.4, 0.5) is 0 Å². The lowest BCUT2D eigenvalue weighted by atomic mass is 10.3. The molecule has 0 amide bonds. The molecule has 0 fully saturated rings. The van der Waals surface area contributed by atoms with Crippen molar-refractivity contribution in [1.82, 2.24) is 14.8 Å². The van der Waals surface area contributed by atoms with E-state index in [1.54, 1.807) is 6.20 Å². The topological polar surface area (TPSA) is 30.7 Å². The van der Waals surface area contributed by atoms with E-state index in [0.29, 0.717) is 0 Å². The van der Waals surface area contributed by atoms with E-state index in [4.69, 9.17) is 0 Å². The van der Waals surface area contributed by atoms with Gasteiger partial charge in [0.25, 0.3) is 0 Å². The lowest BCUT2D eigenvalue weighted by Gasteiger charge is -2.01. The van der Waals surface area contributed by atoms with Crippen molar-refractivity contribution < 1.29 is 0 Å². The van der Waals surface area contributed by atoms with E-state index in [-0.39, 0.29) is 0 Å². The van der Waals surface area contributed by atoms with Gasteiger partial charge in [-0.15, -0.1) is 0 Å². The van der Waals surface area contributed by atoms with Gasteiger partial charge in [-0.3, -0.25) is 4.98 Å². The Balaban J connectivity index is 2.28. The highest BCUT2D eigenvalue weighted by atomic mass is 15.3. The summed E-state index contributed by atoms with van der Waals surface area (Å²) in [7, 11) is 0. The number of aromatic nitrogens is 3. The van der Waals surface area contributed by atoms with Crippen molar-refractivity contribution in [3.8, 4) is 5.69 Å². The van der Waals surface area contributed by atoms with Gasteiger partial charge in [0.15, 0.2) is 0 Å². The third kappa shape index (κ3) is 1.29. The van der Waals surface area contributed by atoms with Crippen molar-refractivity contribution in [1.29, 1.82) is 0 Å². The molecule has 1 aromatic carbocycles. The first kappa shape index (κ1) is 8.17. The number of rotatable bonds is 1. The van der Waals surface area contributed by atoms with Crippen LogP contribution in [0.3, 0.4) is 0 Å². The summed E-state index contributed by atoms with van der Waals surface area (Å²) in [6.45, 7) is 0. The Labute approximate surface area is 87.0 Å². The molecule has 0 spiro atoms. The third-order valence-electron chi connectivity index (χ3n) is 2.37. The molecule has 0 radical (unpaired) electrons. The van der Waals surface area contributed by atoms with Gasteiger partial charge < -0.3 is 0 Å². The van der Waals surface area contributed by atoms with Crippen LogP contribution in [0.1, 0.15) is 0 Å². The Morgan fingerprint density at radius 1 is 0.933 bits per heavy atom. The fourth-order valence-electron chi connectivity index (χ4n) is 1.64. The molecule has 2 heterocycles. The maximum atomic E-state index is 4.34. The highest BCUT2D eigenvalue weighted by Crippen LogP contribution is 2.16. The quantitative estimate of drug-likeness (QED) is 0.597. The standard InChI is InChI=1S/C12H9N3/c1-2-4-11(5-3-1)15-12-9-13-7-6-10(12)8-14-15/h1-9H. The fourth-order valence-corrected chi connectivity index (χ4v) is 1.64. The van der Waals surface area contributed by atoms with Crippen LogP contribution in [-0.4, -0.2) is 14.8 Å². The Bertz CT molecular complexity index is 584. The first-order valence-electron chi connectivity index (χ1n) is 4.78. The van der Waals surface area contributed by atoms with E-state index in [1.807, 2.05) is 53.5 Å². The Morgan fingerprint density at radius 3 is 2.67 bits per heavy atom. The second-order valence-corrected chi connectivity index (χ2v) is 3.33. The fraction of sp³-hybridized carbons (Fsp3) is 0. The first-order chi connectivity index (χ1) is 7.45. The lowest BCUT2D eigenvalue weighted by molar-refractivity contribution is 0.908. The zero-order chi connectivity index (χ0) is 10.1. The number of pyridine rings is 1. The average molecular weight is 195 g/mol. The van der Waals surface area contributed by atoms with Gasteiger partial charge in [-0.25, -0.2) is 4.68 Å². The number of hydrogen-bond acceptors (Lipinski definition) is 2. The normalized spacial score (nSPS) is 10.7. The minimum absolute atomic E-state index is 1.03. The molecule has 0 aliphatic carbocycles. The summed E-state index contributed by atoms with van der Waals surface area (Å²) in [5.41, 5.74) is 2.09. The summed E-state index contributed by atoms with van der Waals surface area (Å²) in [4.78, 5) is 4.11. The van der Waals surface area contributed by atoms with E-state index in [9.17, 15) is 0 Å². The van der Waals surface area contributed by atoms with Gasteiger partial charge in [0.2, 0.25) is 0 Å². The van der Waals surface area contributed by atoms with E-state index in [2.05, 4.69) is 10.1 Å². The Kier molecular flexibility index (Phi) is 1.75. The van der Waals surface area contributed by atoms with Gasteiger partial charge >= 0.3 is 0 Å². The zero-order valence-electron chi connectivity index (χ0n) is 8.04. The summed E-state index contributed by atoms with van der Waals surface area (Å²) in [5.74, 6) is 0. The molecule has 0 unspecified atom stereocenters. The number of para-hydroxylation sites is 1. The molecule has 3 rings (SSSR count). The highest BCUT2D eigenvalue weighted by Gasteiger charge is 2.02. The van der Waals surface area contributed by atoms with Crippen molar-refractivity contribution in [2.24, 2.45) is 0 Å². The third-order valence-corrected chi connectivity index (χ3v) is 2.37. The van der Waals surface area contributed by atoms with Crippen LogP contribution in [-0.2, 0) is 0 Å². The van der Waals surface area contributed by atoms with Crippen LogP contribution < -0.4 is 0 Å². The summed E-state index contributed by atoms with van der Waals surface area (Å²) in [6.07, 6.45) is 5.46. The van der Waals surface area contributed by atoms with Gasteiger partial charge in [-0.1, -0.05) is 18.2 Å². The van der Waals surface area contributed by atoms with Gasteiger partial charge in [-0.2, -0.15) is 5.10 Å². The minimum atomic E-state index is 1.03. The van der Waals surface area contributed by atoms with Crippen molar-refractivity contribution in [3.05, 3.63) is 55.0 Å². The van der Waals surface area contributed by atoms with Crippen molar-refractivity contribution in [2.75, 3.05) is 0 Å². The van der Waals surface area contributed by atoms with E-state index in [0.717, 1.165) is 16.6 Å². The van der Waals surface area contributed by atoms with Crippen LogP contribution in [0.25, 0.3) is 16.6 Å². The van der Waals surface area contributed by atoms with E-state index in [1.165, 1.54) is 0 Å². The summed E-state index contributed by atoms with van der Waals surface area (Å²) in [5, 5.41) is 5.45. The van der Waals surface area contributed by atoms with E-state index < -0.39 is 0 Å². The van der Waals surface area contributed by atoms with Crippen LogP contribution in [0.2, 0.25) is 0 Å². The van der Waals surface area contributed by atoms with Crippen molar-refractivity contribution in [2.45, 2.75) is 0 Å². The van der Waals surface area contributed by atoms with E-state index >= 15 is 0 Å². The van der Waals surface area contributed by atoms with Crippen LogP contribution in [0, 0.1) is 0 Å². The molecular formula is C12H9N3. The Hall–Kier alpha value is -2.16. The molecule has 72 valence electrons. The second-order valence-electron chi connectivity index (χ2n) is 3.33. The maximum absolute atomic E-state index is 4.34. The predicted molar refractivity (Wildman–Crippen MR) is 58.9 cm³/mol. The summed E-state index contributed by atoms with van der Waals surface area (Å²) >= 11 is 0. The van der Waals surface area contributed by atoms with Crippen molar-refractivity contribution >= 4 is 10.9 Å². The van der Waals surface area contributed by atoms with Gasteiger partial charge in [0, 0.05) is 11.6 Å². The monoisotopic (exact) mass is 195 g/mol. The smallest absolute Gasteiger partial charge is 0.0924 e. The SMILES string of the molecule is c1ccc(-n2ncc3ccncc32)cc1. The van der Waals surface area contributed by atoms with Crippen LogP contribution in [0.5, 0.6) is 0 Å². The van der Waals surface area contributed by atoms with Crippen molar-refractivity contribution in [3.63, 3.8) is 0 Å². The average Bonchev–Trinajstić information content (AvgIpc) is 2.74. The highest BCUT2D eigenvalue weighted by molar-refractivity contribution is 5.78. The zero-order valence-corrected chi connectivity index (χ0v) is 8.04. The molecule has 2 aromatic heterocycles. The number of fused-ring (bicyclic) bond motifs is 1. The maximum Gasteiger partial charge on any atom is 0.0924 e. The summed E-state index contributed by atoms with van der Waals surface area (Å²) in [6, 6.07) is 12.0. The molecule has 0 saturated carbocycles. The van der Waals surface area contributed by atoms with Crippen LogP contribution >= 0.6 is 0 Å². The molecule has 0 bridgehead atoms. The number of nitrogens with zero attached hydrogens (tertiary/aromatic N) is 3. The second kappa shape index (κ2) is 3.20. The molecule has 0 N–H and O–H groups in total. The first-order valence-corrected chi connectivity index (χ1v) is 4.78. The molecule has 3 heteroatoms. The van der Waals surface area contributed by atoms with Gasteiger partial charge in [0.1, 0.15) is 0 Å². The number of hydrogen-bond donors (Lipinski definition) is 0. The largest absolute Gasteiger partial charge is 0.262 e. The molecule has 0 aliphatic rings. The molecule has 15 heavy (non-hydrogen) atoms. The molecule has 0 atom stereocenters. The van der Waals surface area contributed by atoms with Gasteiger partial charge in [-0.05, 0) is 18.2 Å². The minimum Gasteiger partial charge on any atom is -0.262 e. The van der Waals surface area contributed by atoms with Crippen LogP contribution in [0.15, 0.2) is 55.0 Å². The lowest BCUT2D eigenvalue weighted by Crippen LogP contribution is -1.94. The molecule has 3 nitrogen and oxygen atoms in total. The molecule has 0 saturated heterocycles. The number of benzene rings is 1. The molecule has 0 aliphatic heterocycles. The van der Waals surface area contributed by atoms with Gasteiger partial charge in [0.05, 0.1) is 23.6 Å². The molecular weight excluding hydrogens is 186 g/mol. The Morgan fingerprint density at radius 2 is 1.80 bits per heavy atom. The predicted octanol–water partition coefficient (Wildman–Crippen LogP) is 2.42.